The largest absolute Gasteiger partial charge is 0.493 e. The zero-order valence-corrected chi connectivity index (χ0v) is 7.94. The Labute approximate surface area is 81.4 Å². The van der Waals surface area contributed by atoms with Gasteiger partial charge >= 0.3 is 6.09 Å². The van der Waals surface area contributed by atoms with Crippen molar-refractivity contribution in [1.29, 1.82) is 0 Å². The third-order valence-corrected chi connectivity index (χ3v) is 1.57. The van der Waals surface area contributed by atoms with E-state index in [9.17, 15) is 4.79 Å². The number of primary amides is 1. The quantitative estimate of drug-likeness (QED) is 0.789. The fourth-order valence-electron chi connectivity index (χ4n) is 0.996. The van der Waals surface area contributed by atoms with Gasteiger partial charge in [-0.25, -0.2) is 4.79 Å². The van der Waals surface area contributed by atoms with E-state index < -0.39 is 6.09 Å². The fraction of sp³-hybridized carbons (Fsp3) is 0.222. The third-order valence-electron chi connectivity index (χ3n) is 1.57. The molecular weight excluding hydrogens is 186 g/mol. The van der Waals surface area contributed by atoms with Crippen LogP contribution >= 0.6 is 0 Å². The molecule has 0 aliphatic rings. The van der Waals surface area contributed by atoms with Gasteiger partial charge in [-0.15, -0.1) is 0 Å². The number of ether oxygens (including phenoxy) is 3. The molecule has 1 aromatic carbocycles. The summed E-state index contributed by atoms with van der Waals surface area (Å²) < 4.78 is 14.7. The Morgan fingerprint density at radius 3 is 2.36 bits per heavy atom. The van der Waals surface area contributed by atoms with E-state index in [1.54, 1.807) is 12.1 Å². The molecule has 0 aliphatic carbocycles. The molecule has 2 N–H and O–H groups in total. The number of benzene rings is 1. The van der Waals surface area contributed by atoms with Gasteiger partial charge in [-0.05, 0) is 12.1 Å². The number of methoxy groups -OCH3 is 2. The van der Waals surface area contributed by atoms with Gasteiger partial charge in [-0.1, -0.05) is 0 Å². The Morgan fingerprint density at radius 2 is 1.86 bits per heavy atom. The van der Waals surface area contributed by atoms with E-state index in [1.165, 1.54) is 20.3 Å². The molecule has 0 unspecified atom stereocenters. The Hall–Kier alpha value is -1.91. The highest BCUT2D eigenvalue weighted by molar-refractivity contribution is 5.68. The monoisotopic (exact) mass is 197 g/mol. The van der Waals surface area contributed by atoms with Gasteiger partial charge in [0.1, 0.15) is 5.75 Å². The van der Waals surface area contributed by atoms with Crippen molar-refractivity contribution in [1.82, 2.24) is 0 Å². The van der Waals surface area contributed by atoms with Crippen molar-refractivity contribution in [2.75, 3.05) is 14.2 Å². The van der Waals surface area contributed by atoms with Crippen molar-refractivity contribution in [3.63, 3.8) is 0 Å². The SMILES string of the molecule is COc1ccc(OC(N)=O)cc1OC. The lowest BCUT2D eigenvalue weighted by atomic mass is 10.3. The molecular formula is C9H11NO4. The van der Waals surface area contributed by atoms with Crippen LogP contribution in [0.3, 0.4) is 0 Å². The predicted molar refractivity (Wildman–Crippen MR) is 49.8 cm³/mol. The molecule has 14 heavy (non-hydrogen) atoms. The number of nitrogens with two attached hydrogens (primary N) is 1. The highest BCUT2D eigenvalue weighted by atomic mass is 16.5. The van der Waals surface area contributed by atoms with E-state index in [0.29, 0.717) is 17.2 Å². The molecule has 76 valence electrons. The Morgan fingerprint density at radius 1 is 1.21 bits per heavy atom. The predicted octanol–water partition coefficient (Wildman–Crippen LogP) is 1.16. The van der Waals surface area contributed by atoms with Crippen molar-refractivity contribution in [3.8, 4) is 17.2 Å². The average molecular weight is 197 g/mol. The normalized spacial score (nSPS) is 9.29. The maximum atomic E-state index is 10.5. The van der Waals surface area contributed by atoms with Crippen molar-refractivity contribution in [3.05, 3.63) is 18.2 Å². The van der Waals surface area contributed by atoms with Crippen LogP contribution in [0.2, 0.25) is 0 Å². The van der Waals surface area contributed by atoms with Crippen LogP contribution in [0.4, 0.5) is 4.79 Å². The first-order valence-electron chi connectivity index (χ1n) is 3.86. The van der Waals surface area contributed by atoms with Gasteiger partial charge in [0.15, 0.2) is 11.5 Å². The number of rotatable bonds is 3. The van der Waals surface area contributed by atoms with Crippen molar-refractivity contribution in [2.45, 2.75) is 0 Å². The second-order valence-corrected chi connectivity index (χ2v) is 2.44. The maximum absolute atomic E-state index is 10.5. The van der Waals surface area contributed by atoms with Crippen LogP contribution in [0.25, 0.3) is 0 Å². The van der Waals surface area contributed by atoms with Crippen LogP contribution in [-0.4, -0.2) is 20.3 Å². The molecule has 0 heterocycles. The molecule has 0 aliphatic heterocycles. The topological polar surface area (TPSA) is 70.8 Å². The van der Waals surface area contributed by atoms with Gasteiger partial charge in [0.2, 0.25) is 0 Å². The summed E-state index contributed by atoms with van der Waals surface area (Å²) in [6.07, 6.45) is -0.864. The fourth-order valence-corrected chi connectivity index (χ4v) is 0.996. The van der Waals surface area contributed by atoms with E-state index >= 15 is 0 Å². The van der Waals surface area contributed by atoms with Gasteiger partial charge in [-0.3, -0.25) is 0 Å². The lowest BCUT2D eigenvalue weighted by Gasteiger charge is -2.08. The van der Waals surface area contributed by atoms with Gasteiger partial charge in [-0.2, -0.15) is 0 Å². The van der Waals surface area contributed by atoms with Gasteiger partial charge < -0.3 is 19.9 Å². The van der Waals surface area contributed by atoms with E-state index in [1.807, 2.05) is 0 Å². The minimum atomic E-state index is -0.864. The molecule has 0 saturated carbocycles. The molecule has 0 radical (unpaired) electrons. The summed E-state index contributed by atoms with van der Waals surface area (Å²) in [5.74, 6) is 1.35. The van der Waals surface area contributed by atoms with E-state index in [4.69, 9.17) is 15.2 Å². The molecule has 1 aromatic rings. The zero-order valence-electron chi connectivity index (χ0n) is 7.94. The molecule has 1 rings (SSSR count). The highest BCUT2D eigenvalue weighted by Crippen LogP contribution is 2.30. The summed E-state index contributed by atoms with van der Waals surface area (Å²) in [5.41, 5.74) is 4.85. The van der Waals surface area contributed by atoms with Gasteiger partial charge in [0.25, 0.3) is 0 Å². The zero-order chi connectivity index (χ0) is 10.6. The number of amides is 1. The van der Waals surface area contributed by atoms with Crippen LogP contribution in [0.15, 0.2) is 18.2 Å². The maximum Gasteiger partial charge on any atom is 0.409 e. The molecule has 0 fully saturated rings. The Kier molecular flexibility index (Phi) is 3.17. The Balaban J connectivity index is 2.95. The minimum absolute atomic E-state index is 0.315. The average Bonchev–Trinajstić information content (AvgIpc) is 2.16. The molecule has 5 heteroatoms. The summed E-state index contributed by atoms with van der Waals surface area (Å²) in [5, 5.41) is 0. The Bertz CT molecular complexity index is 338. The second-order valence-electron chi connectivity index (χ2n) is 2.44. The first-order valence-corrected chi connectivity index (χ1v) is 3.86. The van der Waals surface area contributed by atoms with Crippen LogP contribution in [0.5, 0.6) is 17.2 Å². The lowest BCUT2D eigenvalue weighted by molar-refractivity contribution is 0.210. The molecule has 0 spiro atoms. The van der Waals surface area contributed by atoms with Crippen LogP contribution in [-0.2, 0) is 0 Å². The van der Waals surface area contributed by atoms with Crippen LogP contribution in [0, 0.1) is 0 Å². The molecule has 1 amide bonds. The van der Waals surface area contributed by atoms with Crippen molar-refractivity contribution < 1.29 is 19.0 Å². The molecule has 5 nitrogen and oxygen atoms in total. The standard InChI is InChI=1S/C9H11NO4/c1-12-7-4-3-6(14-9(10)11)5-8(7)13-2/h3-5H,1-2H3,(H2,10,11). The van der Waals surface area contributed by atoms with E-state index in [0.717, 1.165) is 0 Å². The molecule has 0 bridgehead atoms. The first kappa shape index (κ1) is 10.2. The summed E-state index contributed by atoms with van der Waals surface area (Å²) >= 11 is 0. The van der Waals surface area contributed by atoms with E-state index in [2.05, 4.69) is 4.74 Å². The summed E-state index contributed by atoms with van der Waals surface area (Å²) in [4.78, 5) is 10.5. The number of carbonyl (C=O) groups is 1. The summed E-state index contributed by atoms with van der Waals surface area (Å²) in [6.45, 7) is 0. The van der Waals surface area contributed by atoms with Gasteiger partial charge in [0.05, 0.1) is 14.2 Å². The van der Waals surface area contributed by atoms with Gasteiger partial charge in [0, 0.05) is 6.07 Å². The van der Waals surface area contributed by atoms with Crippen LogP contribution in [0.1, 0.15) is 0 Å². The van der Waals surface area contributed by atoms with E-state index in [-0.39, 0.29) is 0 Å². The number of hydrogen-bond donors (Lipinski definition) is 1. The van der Waals surface area contributed by atoms with Crippen LogP contribution < -0.4 is 19.9 Å². The second kappa shape index (κ2) is 4.36. The van der Waals surface area contributed by atoms with Crippen molar-refractivity contribution in [2.24, 2.45) is 5.73 Å². The number of hydrogen-bond acceptors (Lipinski definition) is 4. The molecule has 0 aromatic heterocycles. The molecule has 0 atom stereocenters. The third kappa shape index (κ3) is 2.29. The smallest absolute Gasteiger partial charge is 0.409 e. The highest BCUT2D eigenvalue weighted by Gasteiger charge is 2.06. The van der Waals surface area contributed by atoms with Crippen molar-refractivity contribution >= 4 is 6.09 Å². The summed E-state index contributed by atoms with van der Waals surface area (Å²) in [6, 6.07) is 4.70. The minimum Gasteiger partial charge on any atom is -0.493 e. The number of carbonyl (C=O) groups excluding carboxylic acids is 1. The summed E-state index contributed by atoms with van der Waals surface area (Å²) in [7, 11) is 3.01. The molecule has 0 saturated heterocycles. The lowest BCUT2D eigenvalue weighted by Crippen LogP contribution is -2.16. The first-order chi connectivity index (χ1) is 6.67.